The van der Waals surface area contributed by atoms with Crippen LogP contribution in [0.1, 0.15) is 13.9 Å². The van der Waals surface area contributed by atoms with Crippen molar-refractivity contribution in [2.75, 3.05) is 12.9 Å². The summed E-state index contributed by atoms with van der Waals surface area (Å²) in [6.45, 7) is 1.19. The summed E-state index contributed by atoms with van der Waals surface area (Å²) in [5.41, 5.74) is 0.454. The highest BCUT2D eigenvalue weighted by atomic mass is 32.2. The molecule has 1 rings (SSSR count). The van der Waals surface area contributed by atoms with E-state index >= 15 is 0 Å². The number of amides is 1. The first kappa shape index (κ1) is 15.3. The highest BCUT2D eigenvalue weighted by Gasteiger charge is 2.20. The molecular formula is C13H16N2O5S. The first-order valence-electron chi connectivity index (χ1n) is 6.47. The molecule has 1 unspecified atom stereocenters. The molecule has 0 aliphatic heterocycles. The van der Waals surface area contributed by atoms with Crippen LogP contribution >= 0.6 is 11.8 Å². The summed E-state index contributed by atoms with van der Waals surface area (Å²) in [7, 11) is 1.13. The maximum atomic E-state index is 11.6. The van der Waals surface area contributed by atoms with Gasteiger partial charge in [-0.15, -0.1) is 0 Å². The van der Waals surface area contributed by atoms with Gasteiger partial charge in [0, 0.05) is 30.1 Å². The minimum Gasteiger partial charge on any atom is -0.467 e. The first-order chi connectivity index (χ1) is 10.3. The van der Waals surface area contributed by atoms with Gasteiger partial charge in [-0.2, -0.15) is 11.8 Å². The van der Waals surface area contributed by atoms with Gasteiger partial charge in [-0.1, -0.05) is 18.2 Å². The number of nitrogens with zero attached hydrogens (tertiary/aromatic N) is 1. The molecule has 0 bridgehead atoms. The molecule has 8 heteroatoms. The van der Waals surface area contributed by atoms with Gasteiger partial charge in [-0.25, -0.2) is 4.79 Å². The fraction of sp³-hybridized carbons (Fsp3) is 0.385. The SMILES string of the molecule is [2H]C(CSCc1ccccc1[N+](=O)[O-])(NC(C)=O)C(=O)OC. The van der Waals surface area contributed by atoms with Crippen molar-refractivity contribution < 1.29 is 20.6 Å². The number of carbonyl (C=O) groups is 2. The van der Waals surface area contributed by atoms with Gasteiger partial charge in [-0.05, 0) is 0 Å². The highest BCUT2D eigenvalue weighted by molar-refractivity contribution is 7.98. The van der Waals surface area contributed by atoms with Crippen molar-refractivity contribution in [2.45, 2.75) is 18.7 Å². The molecule has 0 fully saturated rings. The van der Waals surface area contributed by atoms with Gasteiger partial charge in [0.2, 0.25) is 5.91 Å². The molecule has 1 aromatic rings. The minimum absolute atomic E-state index is 0.0248. The third-order valence-corrected chi connectivity index (χ3v) is 3.46. The lowest BCUT2D eigenvalue weighted by molar-refractivity contribution is -0.385. The molecule has 0 aliphatic rings. The smallest absolute Gasteiger partial charge is 0.329 e. The minimum atomic E-state index is -1.92. The second kappa shape index (κ2) is 8.25. The number of nitro benzene ring substituents is 1. The summed E-state index contributed by atoms with van der Waals surface area (Å²) in [5.74, 6) is -1.29. The van der Waals surface area contributed by atoms with Crippen molar-refractivity contribution in [3.05, 3.63) is 39.9 Å². The monoisotopic (exact) mass is 313 g/mol. The summed E-state index contributed by atoms with van der Waals surface area (Å²) in [6, 6.07) is 4.30. The molecule has 0 saturated heterocycles. The maximum Gasteiger partial charge on any atom is 0.329 e. The van der Waals surface area contributed by atoms with Crippen LogP contribution in [0.3, 0.4) is 0 Å². The van der Waals surface area contributed by atoms with E-state index in [1.54, 1.807) is 18.2 Å². The molecule has 21 heavy (non-hydrogen) atoms. The fourth-order valence-electron chi connectivity index (χ4n) is 1.56. The number of methoxy groups -OCH3 is 1. The molecule has 0 spiro atoms. The van der Waals surface area contributed by atoms with Crippen LogP contribution in [0.25, 0.3) is 0 Å². The zero-order chi connectivity index (χ0) is 16.8. The Bertz CT molecular complexity index is 583. The Balaban J connectivity index is 2.77. The van der Waals surface area contributed by atoms with Crippen molar-refractivity contribution in [3.63, 3.8) is 0 Å². The lowest BCUT2D eigenvalue weighted by Gasteiger charge is -2.14. The van der Waals surface area contributed by atoms with E-state index in [1.807, 2.05) is 0 Å². The molecular weight excluding hydrogens is 296 g/mol. The number of para-hydroxylation sites is 1. The second-order valence-electron chi connectivity index (χ2n) is 4.03. The van der Waals surface area contributed by atoms with E-state index in [-0.39, 0.29) is 17.2 Å². The average Bonchev–Trinajstić information content (AvgIpc) is 2.45. The number of thioether (sulfide) groups is 1. The number of nitrogens with one attached hydrogen (secondary N) is 1. The summed E-state index contributed by atoms with van der Waals surface area (Å²) in [6.07, 6.45) is 0. The molecule has 1 N–H and O–H groups in total. The zero-order valence-electron chi connectivity index (χ0n) is 12.6. The molecule has 0 heterocycles. The van der Waals surface area contributed by atoms with Gasteiger partial charge in [0.25, 0.3) is 5.69 Å². The third kappa shape index (κ3) is 5.42. The maximum absolute atomic E-state index is 11.6. The molecule has 0 radical (unpaired) electrons. The summed E-state index contributed by atoms with van der Waals surface area (Å²) in [4.78, 5) is 33.2. The average molecular weight is 313 g/mol. The lowest BCUT2D eigenvalue weighted by Crippen LogP contribution is -2.42. The van der Waals surface area contributed by atoms with Crippen LogP contribution in [0.15, 0.2) is 24.3 Å². The van der Waals surface area contributed by atoms with E-state index in [0.29, 0.717) is 5.56 Å². The van der Waals surface area contributed by atoms with Gasteiger partial charge in [0.1, 0.15) is 6.02 Å². The Kier molecular flexibility index (Phi) is 6.01. The van der Waals surface area contributed by atoms with E-state index in [9.17, 15) is 19.7 Å². The Hall–Kier alpha value is -2.09. The Morgan fingerprint density at radius 3 is 2.76 bits per heavy atom. The second-order valence-corrected chi connectivity index (χ2v) is 5.02. The molecule has 0 aliphatic carbocycles. The molecule has 0 saturated carbocycles. The van der Waals surface area contributed by atoms with E-state index in [0.717, 1.165) is 18.9 Å². The molecule has 1 amide bonds. The number of carbonyl (C=O) groups excluding carboxylic acids is 2. The number of hydrogen-bond donors (Lipinski definition) is 1. The standard InChI is InChI=1S/C13H16N2O5S/c1-9(16)14-11(13(17)20-2)8-21-7-10-5-3-4-6-12(10)15(18)19/h3-6,11H,7-8H2,1-2H3,(H,14,16)/i11D. The number of benzene rings is 1. The van der Waals surface area contributed by atoms with Gasteiger partial charge < -0.3 is 10.1 Å². The quantitative estimate of drug-likeness (QED) is 0.465. The zero-order valence-corrected chi connectivity index (χ0v) is 12.4. The lowest BCUT2D eigenvalue weighted by atomic mass is 10.2. The van der Waals surface area contributed by atoms with Crippen LogP contribution < -0.4 is 5.32 Å². The van der Waals surface area contributed by atoms with E-state index in [4.69, 9.17) is 1.37 Å². The van der Waals surface area contributed by atoms with Crippen LogP contribution in [0, 0.1) is 10.1 Å². The van der Waals surface area contributed by atoms with Crippen molar-refractivity contribution in [2.24, 2.45) is 0 Å². The van der Waals surface area contributed by atoms with Gasteiger partial charge in [0.05, 0.1) is 13.4 Å². The summed E-state index contributed by atoms with van der Waals surface area (Å²) >= 11 is 1.12. The van der Waals surface area contributed by atoms with Crippen molar-refractivity contribution in [3.8, 4) is 0 Å². The molecule has 114 valence electrons. The Morgan fingerprint density at radius 2 is 2.19 bits per heavy atom. The van der Waals surface area contributed by atoms with Crippen molar-refractivity contribution in [1.82, 2.24) is 5.32 Å². The number of nitro groups is 1. The van der Waals surface area contributed by atoms with Crippen LogP contribution in [-0.4, -0.2) is 35.7 Å². The highest BCUT2D eigenvalue weighted by Crippen LogP contribution is 2.23. The van der Waals surface area contributed by atoms with Crippen molar-refractivity contribution >= 4 is 29.3 Å². The number of ether oxygens (including phenoxy) is 1. The number of esters is 1. The first-order valence-corrected chi connectivity index (χ1v) is 7.13. The van der Waals surface area contributed by atoms with Crippen LogP contribution in [0.5, 0.6) is 0 Å². The topological polar surface area (TPSA) is 98.5 Å². The van der Waals surface area contributed by atoms with Crippen LogP contribution in [0.2, 0.25) is 0 Å². The fourth-order valence-corrected chi connectivity index (χ4v) is 2.52. The van der Waals surface area contributed by atoms with Gasteiger partial charge in [-0.3, -0.25) is 14.9 Å². The van der Waals surface area contributed by atoms with E-state index in [2.05, 4.69) is 10.1 Å². The van der Waals surface area contributed by atoms with Gasteiger partial charge in [0.15, 0.2) is 0 Å². The summed E-state index contributed by atoms with van der Waals surface area (Å²) < 4.78 is 12.5. The van der Waals surface area contributed by atoms with Crippen LogP contribution in [0.4, 0.5) is 5.69 Å². The van der Waals surface area contributed by atoms with E-state index in [1.165, 1.54) is 13.0 Å². The van der Waals surface area contributed by atoms with Crippen molar-refractivity contribution in [1.29, 1.82) is 0 Å². The van der Waals surface area contributed by atoms with Gasteiger partial charge >= 0.3 is 5.97 Å². The van der Waals surface area contributed by atoms with E-state index < -0.39 is 22.8 Å². The normalized spacial score (nSPS) is 13.7. The molecule has 1 atom stereocenters. The summed E-state index contributed by atoms with van der Waals surface area (Å²) in [5, 5.41) is 13.1. The molecule has 0 aromatic heterocycles. The number of rotatable bonds is 7. The predicted octanol–water partition coefficient (Wildman–Crippen LogP) is 1.51. The molecule has 1 aromatic carbocycles. The number of hydrogen-bond acceptors (Lipinski definition) is 6. The predicted molar refractivity (Wildman–Crippen MR) is 78.9 cm³/mol. The van der Waals surface area contributed by atoms with Crippen LogP contribution in [-0.2, 0) is 20.1 Å². The Labute approximate surface area is 127 Å². The largest absolute Gasteiger partial charge is 0.467 e. The Morgan fingerprint density at radius 1 is 1.52 bits per heavy atom. The third-order valence-electron chi connectivity index (χ3n) is 2.45. The molecule has 7 nitrogen and oxygen atoms in total.